The number of nitrogens with zero attached hydrogens (tertiary/aromatic N) is 1. The Bertz CT molecular complexity index is 469. The molecule has 0 saturated carbocycles. The first-order valence-electron chi connectivity index (χ1n) is 5.81. The summed E-state index contributed by atoms with van der Waals surface area (Å²) in [4.78, 5) is 11.2. The van der Waals surface area contributed by atoms with E-state index >= 15 is 0 Å². The van der Waals surface area contributed by atoms with Gasteiger partial charge in [-0.3, -0.25) is 5.43 Å². The maximum atomic E-state index is 11.2. The number of thiocarbonyl (C=S) groups is 1. The van der Waals surface area contributed by atoms with Gasteiger partial charge in [-0.2, -0.15) is 5.10 Å². The average Bonchev–Trinajstić information content (AvgIpc) is 2.37. The molecule has 0 saturated heterocycles. The van der Waals surface area contributed by atoms with Gasteiger partial charge >= 0.3 is 5.97 Å². The van der Waals surface area contributed by atoms with Crippen LogP contribution in [-0.4, -0.2) is 30.4 Å². The van der Waals surface area contributed by atoms with Crippen molar-refractivity contribution in [3.05, 3.63) is 35.4 Å². The summed E-state index contributed by atoms with van der Waals surface area (Å²) >= 11 is 5.02. The fourth-order valence-corrected chi connectivity index (χ4v) is 1.57. The number of hydrazone groups is 1. The molecule has 0 spiro atoms. The van der Waals surface area contributed by atoms with Crippen molar-refractivity contribution in [2.24, 2.45) is 5.10 Å². The molecule has 0 unspecified atom stereocenters. The highest BCUT2D eigenvalue weighted by Crippen LogP contribution is 2.03. The zero-order valence-corrected chi connectivity index (χ0v) is 12.0. The molecule has 0 aromatic heterocycles. The van der Waals surface area contributed by atoms with Crippen LogP contribution in [0.4, 0.5) is 0 Å². The summed E-state index contributed by atoms with van der Waals surface area (Å²) in [7, 11) is 1.35. The molecule has 0 heterocycles. The largest absolute Gasteiger partial charge is 0.465 e. The zero-order valence-electron chi connectivity index (χ0n) is 11.1. The third kappa shape index (κ3) is 5.48. The van der Waals surface area contributed by atoms with Crippen molar-refractivity contribution < 1.29 is 9.53 Å². The fourth-order valence-electron chi connectivity index (χ4n) is 1.28. The summed E-state index contributed by atoms with van der Waals surface area (Å²) < 4.78 is 4.62. The van der Waals surface area contributed by atoms with Crippen LogP contribution < -0.4 is 10.7 Å². The minimum Gasteiger partial charge on any atom is -0.465 e. The first kappa shape index (κ1) is 15.1. The van der Waals surface area contributed by atoms with Crippen molar-refractivity contribution >= 4 is 29.5 Å². The van der Waals surface area contributed by atoms with Crippen LogP contribution in [0, 0.1) is 0 Å². The quantitative estimate of drug-likeness (QED) is 0.380. The lowest BCUT2D eigenvalue weighted by atomic mass is 10.1. The van der Waals surface area contributed by atoms with Crippen molar-refractivity contribution in [1.82, 2.24) is 10.7 Å². The van der Waals surface area contributed by atoms with E-state index in [4.69, 9.17) is 12.2 Å². The molecule has 0 aliphatic carbocycles. The van der Waals surface area contributed by atoms with Crippen LogP contribution in [0.2, 0.25) is 0 Å². The predicted molar refractivity (Wildman–Crippen MR) is 79.4 cm³/mol. The van der Waals surface area contributed by atoms with Crippen molar-refractivity contribution in [3.63, 3.8) is 0 Å². The molecule has 0 fully saturated rings. The average molecular weight is 279 g/mol. The summed E-state index contributed by atoms with van der Waals surface area (Å²) in [6, 6.07) is 7.16. The molecule has 102 valence electrons. The van der Waals surface area contributed by atoms with E-state index in [1.165, 1.54) is 7.11 Å². The maximum absolute atomic E-state index is 11.2. The van der Waals surface area contributed by atoms with Crippen LogP contribution in [0.15, 0.2) is 29.4 Å². The van der Waals surface area contributed by atoms with E-state index in [-0.39, 0.29) is 12.0 Å². The molecule has 19 heavy (non-hydrogen) atoms. The second kappa shape index (κ2) is 7.48. The highest BCUT2D eigenvalue weighted by Gasteiger charge is 2.03. The molecule has 5 nitrogen and oxygen atoms in total. The topological polar surface area (TPSA) is 62.7 Å². The number of hydrogen-bond acceptors (Lipinski definition) is 4. The van der Waals surface area contributed by atoms with Gasteiger partial charge < -0.3 is 10.1 Å². The smallest absolute Gasteiger partial charge is 0.337 e. The molecular weight excluding hydrogens is 262 g/mol. The van der Waals surface area contributed by atoms with Gasteiger partial charge in [0.1, 0.15) is 0 Å². The lowest BCUT2D eigenvalue weighted by Crippen LogP contribution is -2.36. The number of rotatable bonds is 4. The van der Waals surface area contributed by atoms with Gasteiger partial charge in [0.2, 0.25) is 0 Å². The monoisotopic (exact) mass is 279 g/mol. The van der Waals surface area contributed by atoms with Crippen LogP contribution in [0.3, 0.4) is 0 Å². The van der Waals surface area contributed by atoms with Crippen LogP contribution in [0.5, 0.6) is 0 Å². The zero-order chi connectivity index (χ0) is 14.3. The fraction of sp³-hybridized carbons (Fsp3) is 0.308. The van der Waals surface area contributed by atoms with Gasteiger partial charge in [-0.15, -0.1) is 0 Å². The molecule has 1 aromatic rings. The molecule has 0 radical (unpaired) electrons. The molecule has 0 atom stereocenters. The number of nitrogens with one attached hydrogen (secondary N) is 2. The second-order valence-electron chi connectivity index (χ2n) is 4.11. The van der Waals surface area contributed by atoms with E-state index in [0.717, 1.165) is 5.56 Å². The normalized spacial score (nSPS) is 10.5. The van der Waals surface area contributed by atoms with Crippen LogP contribution in [0.25, 0.3) is 0 Å². The van der Waals surface area contributed by atoms with Gasteiger partial charge in [-0.25, -0.2) is 4.79 Å². The second-order valence-corrected chi connectivity index (χ2v) is 4.52. The van der Waals surface area contributed by atoms with E-state index in [1.54, 1.807) is 30.5 Å². The summed E-state index contributed by atoms with van der Waals surface area (Å²) in [6.07, 6.45) is 1.62. The van der Waals surface area contributed by atoms with Gasteiger partial charge in [-0.1, -0.05) is 12.1 Å². The van der Waals surface area contributed by atoms with Crippen molar-refractivity contribution in [2.75, 3.05) is 7.11 Å². The van der Waals surface area contributed by atoms with Gasteiger partial charge in [0.05, 0.1) is 18.9 Å². The summed E-state index contributed by atoms with van der Waals surface area (Å²) in [5, 5.41) is 7.47. The van der Waals surface area contributed by atoms with Gasteiger partial charge in [0.25, 0.3) is 0 Å². The van der Waals surface area contributed by atoms with E-state index in [0.29, 0.717) is 10.7 Å². The minimum atomic E-state index is -0.357. The Balaban J connectivity index is 2.53. The van der Waals surface area contributed by atoms with E-state index in [1.807, 2.05) is 13.8 Å². The number of methoxy groups -OCH3 is 1. The molecule has 0 aliphatic rings. The third-order valence-corrected chi connectivity index (χ3v) is 2.34. The van der Waals surface area contributed by atoms with Gasteiger partial charge in [-0.05, 0) is 43.8 Å². The molecule has 6 heteroatoms. The standard InChI is InChI=1S/C13H17N3O2S/c1-9(2)15-13(19)16-14-8-10-4-6-11(7-5-10)12(17)18-3/h4-9H,1-3H3,(H2,15,16,19)/b14-8-. The third-order valence-electron chi connectivity index (χ3n) is 2.13. The number of carbonyl (C=O) groups is 1. The number of carbonyl (C=O) groups excluding carboxylic acids is 1. The highest BCUT2D eigenvalue weighted by molar-refractivity contribution is 7.80. The van der Waals surface area contributed by atoms with E-state index in [9.17, 15) is 4.79 Å². The van der Waals surface area contributed by atoms with E-state index < -0.39 is 0 Å². The van der Waals surface area contributed by atoms with Crippen LogP contribution >= 0.6 is 12.2 Å². The SMILES string of the molecule is COC(=O)c1ccc(/C=N\NC(=S)NC(C)C)cc1. The Hall–Kier alpha value is -1.95. The summed E-state index contributed by atoms with van der Waals surface area (Å²) in [5.41, 5.74) is 4.07. The molecule has 0 bridgehead atoms. The highest BCUT2D eigenvalue weighted by atomic mass is 32.1. The van der Waals surface area contributed by atoms with Crippen molar-refractivity contribution in [2.45, 2.75) is 19.9 Å². The predicted octanol–water partition coefficient (Wildman–Crippen LogP) is 1.68. The Morgan fingerprint density at radius 3 is 2.53 bits per heavy atom. The summed E-state index contributed by atoms with van der Waals surface area (Å²) in [6.45, 7) is 3.98. The molecule has 2 N–H and O–H groups in total. The van der Waals surface area contributed by atoms with E-state index in [2.05, 4.69) is 20.6 Å². The molecule has 1 aromatic carbocycles. The Morgan fingerprint density at radius 2 is 2.00 bits per heavy atom. The summed E-state index contributed by atoms with van der Waals surface area (Å²) in [5.74, 6) is -0.357. The number of ether oxygens (including phenoxy) is 1. The van der Waals surface area contributed by atoms with Crippen molar-refractivity contribution in [3.8, 4) is 0 Å². The molecule has 0 aliphatic heterocycles. The van der Waals surface area contributed by atoms with Crippen molar-refractivity contribution in [1.29, 1.82) is 0 Å². The Kier molecular flexibility index (Phi) is 5.95. The van der Waals surface area contributed by atoms with Gasteiger partial charge in [0.15, 0.2) is 5.11 Å². The number of esters is 1. The Morgan fingerprint density at radius 1 is 1.37 bits per heavy atom. The number of benzene rings is 1. The molecule has 1 rings (SSSR count). The van der Waals surface area contributed by atoms with Crippen LogP contribution in [0.1, 0.15) is 29.8 Å². The Labute approximate surface area is 118 Å². The maximum Gasteiger partial charge on any atom is 0.337 e. The minimum absolute atomic E-state index is 0.259. The van der Waals surface area contributed by atoms with Gasteiger partial charge in [0, 0.05) is 6.04 Å². The lowest BCUT2D eigenvalue weighted by molar-refractivity contribution is 0.0601. The first-order valence-corrected chi connectivity index (χ1v) is 6.21. The molecular formula is C13H17N3O2S. The van der Waals surface area contributed by atoms with Crippen LogP contribution in [-0.2, 0) is 4.74 Å². The first-order chi connectivity index (χ1) is 9.02. The number of hydrogen-bond donors (Lipinski definition) is 2. The lowest BCUT2D eigenvalue weighted by Gasteiger charge is -2.09. The molecule has 0 amide bonds.